The highest BCUT2D eigenvalue weighted by molar-refractivity contribution is 9.10. The van der Waals surface area contributed by atoms with Crippen LogP contribution < -0.4 is 5.73 Å². The van der Waals surface area contributed by atoms with Gasteiger partial charge < -0.3 is 5.73 Å². The Morgan fingerprint density at radius 3 is 3.00 bits per heavy atom. The van der Waals surface area contributed by atoms with Gasteiger partial charge in [0.15, 0.2) is 0 Å². The third-order valence-corrected chi connectivity index (χ3v) is 3.51. The van der Waals surface area contributed by atoms with Crippen LogP contribution in [0.5, 0.6) is 0 Å². The number of hydrogen-bond acceptors (Lipinski definition) is 3. The van der Waals surface area contributed by atoms with E-state index >= 15 is 0 Å². The van der Waals surface area contributed by atoms with Crippen LogP contribution in [0, 0.1) is 0 Å². The number of rotatable bonds is 1. The maximum atomic E-state index is 5.94. The van der Waals surface area contributed by atoms with Gasteiger partial charge in [-0.1, -0.05) is 18.2 Å². The molecule has 90 valence electrons. The van der Waals surface area contributed by atoms with Crippen molar-refractivity contribution in [2.75, 3.05) is 12.3 Å². The van der Waals surface area contributed by atoms with Crippen molar-refractivity contribution in [1.29, 1.82) is 0 Å². The monoisotopic (exact) mass is 301 g/mol. The van der Waals surface area contributed by atoms with Crippen LogP contribution in [0.3, 0.4) is 0 Å². The highest BCUT2D eigenvalue weighted by atomic mass is 79.9. The normalized spacial score (nSPS) is 13.4. The molecule has 3 nitrogen and oxygen atoms in total. The molecule has 4 heteroatoms. The zero-order valence-corrected chi connectivity index (χ0v) is 11.3. The molecule has 18 heavy (non-hydrogen) atoms. The second-order valence-corrected chi connectivity index (χ2v) is 5.20. The molecule has 0 saturated carbocycles. The average molecular weight is 302 g/mol. The van der Waals surface area contributed by atoms with Crippen LogP contribution in [0.15, 0.2) is 39.9 Å². The number of nitrogens with zero attached hydrogens (tertiary/aromatic N) is 2. The maximum absolute atomic E-state index is 5.94. The van der Waals surface area contributed by atoms with Gasteiger partial charge in [-0.15, -0.1) is 0 Å². The second kappa shape index (κ2) is 4.53. The lowest BCUT2D eigenvalue weighted by atomic mass is 9.97. The lowest BCUT2D eigenvalue weighted by Crippen LogP contribution is -2.03. The molecule has 3 rings (SSSR count). The molecule has 0 bridgehead atoms. The van der Waals surface area contributed by atoms with E-state index in [9.17, 15) is 0 Å². The van der Waals surface area contributed by atoms with Gasteiger partial charge in [0.1, 0.15) is 5.82 Å². The topological polar surface area (TPSA) is 51.3 Å². The number of pyridine rings is 1. The summed E-state index contributed by atoms with van der Waals surface area (Å²) in [4.78, 5) is 8.45. The molecule has 1 aliphatic rings. The molecule has 2 aromatic rings. The molecule has 2 heterocycles. The second-order valence-electron chi connectivity index (χ2n) is 4.29. The summed E-state index contributed by atoms with van der Waals surface area (Å²) in [5.41, 5.74) is 10.5. The van der Waals surface area contributed by atoms with Crippen molar-refractivity contribution in [1.82, 2.24) is 4.98 Å². The first-order valence-electron chi connectivity index (χ1n) is 5.78. The fourth-order valence-corrected chi connectivity index (χ4v) is 2.48. The van der Waals surface area contributed by atoms with Gasteiger partial charge in [0, 0.05) is 29.0 Å². The molecular formula is C14H12BrN3. The van der Waals surface area contributed by atoms with Gasteiger partial charge in [-0.05, 0) is 45.1 Å². The van der Waals surface area contributed by atoms with Crippen LogP contribution in [0.1, 0.15) is 11.1 Å². The van der Waals surface area contributed by atoms with Gasteiger partial charge in [0.05, 0.1) is 0 Å². The summed E-state index contributed by atoms with van der Waals surface area (Å²) in [6, 6.07) is 8.34. The predicted octanol–water partition coefficient (Wildman–Crippen LogP) is 3.07. The van der Waals surface area contributed by atoms with Crippen molar-refractivity contribution in [3.05, 3.63) is 46.1 Å². The molecule has 0 fully saturated rings. The Balaban J connectivity index is 2.12. The van der Waals surface area contributed by atoms with Gasteiger partial charge in [-0.2, -0.15) is 0 Å². The zero-order valence-electron chi connectivity index (χ0n) is 9.73. The van der Waals surface area contributed by atoms with Gasteiger partial charge >= 0.3 is 0 Å². The Labute approximate surface area is 114 Å². The summed E-state index contributed by atoms with van der Waals surface area (Å²) in [5.74, 6) is 0.558. The van der Waals surface area contributed by atoms with Crippen molar-refractivity contribution in [2.24, 2.45) is 4.99 Å². The summed E-state index contributed by atoms with van der Waals surface area (Å²) in [5, 5.41) is 0. The van der Waals surface area contributed by atoms with E-state index in [0.29, 0.717) is 5.82 Å². The first-order valence-corrected chi connectivity index (χ1v) is 6.57. The summed E-state index contributed by atoms with van der Waals surface area (Å²) < 4.78 is 0.936. The molecule has 0 atom stereocenters. The Hall–Kier alpha value is -1.68. The number of anilines is 1. The summed E-state index contributed by atoms with van der Waals surface area (Å²) in [6.45, 7) is 0.864. The molecule has 0 amide bonds. The van der Waals surface area contributed by atoms with E-state index in [-0.39, 0.29) is 0 Å². The summed E-state index contributed by atoms with van der Waals surface area (Å²) in [7, 11) is 0. The molecule has 0 spiro atoms. The van der Waals surface area contributed by atoms with Crippen molar-refractivity contribution in [3.63, 3.8) is 0 Å². The first-order chi connectivity index (χ1) is 8.74. The van der Waals surface area contributed by atoms with Crippen LogP contribution in [-0.2, 0) is 6.42 Å². The third-order valence-electron chi connectivity index (χ3n) is 3.08. The quantitative estimate of drug-likeness (QED) is 0.880. The predicted molar refractivity (Wildman–Crippen MR) is 78.0 cm³/mol. The molecule has 1 aliphatic heterocycles. The fraction of sp³-hybridized carbons (Fsp3) is 0.143. The number of nitrogens with two attached hydrogens (primary N) is 1. The van der Waals surface area contributed by atoms with Gasteiger partial charge in [0.25, 0.3) is 0 Å². The molecular weight excluding hydrogens is 290 g/mol. The summed E-state index contributed by atoms with van der Waals surface area (Å²) in [6.07, 6.45) is 4.63. The smallest absolute Gasteiger partial charge is 0.131 e. The van der Waals surface area contributed by atoms with E-state index in [1.165, 1.54) is 11.1 Å². The van der Waals surface area contributed by atoms with Gasteiger partial charge in [0.2, 0.25) is 0 Å². The zero-order chi connectivity index (χ0) is 12.5. The van der Waals surface area contributed by atoms with Crippen molar-refractivity contribution >= 4 is 28.0 Å². The van der Waals surface area contributed by atoms with E-state index in [4.69, 9.17) is 5.73 Å². The average Bonchev–Trinajstić information content (AvgIpc) is 2.41. The molecule has 0 aliphatic carbocycles. The number of aliphatic imine (C=N–C) groups is 1. The lowest BCUT2D eigenvalue weighted by Gasteiger charge is -2.12. The minimum atomic E-state index is 0.558. The number of aromatic nitrogens is 1. The Kier molecular flexibility index (Phi) is 2.88. The minimum Gasteiger partial charge on any atom is -0.383 e. The summed E-state index contributed by atoms with van der Waals surface area (Å²) >= 11 is 3.43. The highest BCUT2D eigenvalue weighted by Crippen LogP contribution is 2.29. The Bertz CT molecular complexity index is 635. The van der Waals surface area contributed by atoms with Crippen LogP contribution in [0.2, 0.25) is 0 Å². The standard InChI is InChI=1S/C14H12BrN3/c15-12-6-13(14(16)18-8-12)10-1-2-11-7-17-4-3-9(11)5-10/h1-2,5-8H,3-4H2,(H2,16,18). The van der Waals surface area contributed by atoms with Crippen LogP contribution in [0.25, 0.3) is 11.1 Å². The largest absolute Gasteiger partial charge is 0.383 e. The van der Waals surface area contributed by atoms with E-state index in [1.54, 1.807) is 6.20 Å². The molecule has 0 radical (unpaired) electrons. The van der Waals surface area contributed by atoms with Crippen molar-refractivity contribution in [3.8, 4) is 11.1 Å². The Morgan fingerprint density at radius 2 is 2.11 bits per heavy atom. The van der Waals surface area contributed by atoms with E-state index in [2.05, 4.69) is 44.1 Å². The Morgan fingerprint density at radius 1 is 1.22 bits per heavy atom. The molecule has 1 aromatic heterocycles. The molecule has 0 unspecified atom stereocenters. The van der Waals surface area contributed by atoms with Crippen LogP contribution >= 0.6 is 15.9 Å². The number of nitrogen functional groups attached to an aromatic ring is 1. The third kappa shape index (κ3) is 2.04. The lowest BCUT2D eigenvalue weighted by molar-refractivity contribution is 0.953. The number of benzene rings is 1. The first kappa shape index (κ1) is 11.4. The fourth-order valence-electron chi connectivity index (χ4n) is 2.14. The number of halogens is 1. The molecule has 1 aromatic carbocycles. The van der Waals surface area contributed by atoms with Crippen LogP contribution in [-0.4, -0.2) is 17.7 Å². The van der Waals surface area contributed by atoms with E-state index in [0.717, 1.165) is 28.6 Å². The number of fused-ring (bicyclic) bond motifs is 1. The van der Waals surface area contributed by atoms with Crippen molar-refractivity contribution < 1.29 is 0 Å². The van der Waals surface area contributed by atoms with Gasteiger partial charge in [-0.25, -0.2) is 4.98 Å². The van der Waals surface area contributed by atoms with Crippen LogP contribution in [0.4, 0.5) is 5.82 Å². The SMILES string of the molecule is Nc1ncc(Br)cc1-c1ccc2c(c1)CCN=C2. The minimum absolute atomic E-state index is 0.558. The molecule has 2 N–H and O–H groups in total. The van der Waals surface area contributed by atoms with Crippen molar-refractivity contribution in [2.45, 2.75) is 6.42 Å². The highest BCUT2D eigenvalue weighted by Gasteiger charge is 2.09. The van der Waals surface area contributed by atoms with Gasteiger partial charge in [-0.3, -0.25) is 4.99 Å². The van der Waals surface area contributed by atoms with E-state index in [1.807, 2.05) is 12.3 Å². The maximum Gasteiger partial charge on any atom is 0.131 e. The number of hydrogen-bond donors (Lipinski definition) is 1. The molecule has 0 saturated heterocycles. The van der Waals surface area contributed by atoms with E-state index < -0.39 is 0 Å².